The molecule has 18 heavy (non-hydrogen) atoms. The maximum Gasteiger partial charge on any atom is 0.416 e. The number of alkyl halides is 3. The first-order chi connectivity index (χ1) is 8.47. The van der Waals surface area contributed by atoms with Gasteiger partial charge in [-0.25, -0.2) is 0 Å². The average molecular weight is 254 g/mol. The first-order valence-corrected chi connectivity index (χ1v) is 4.94. The van der Waals surface area contributed by atoms with E-state index in [4.69, 9.17) is 0 Å². The molecule has 0 radical (unpaired) electrons. The van der Waals surface area contributed by atoms with Gasteiger partial charge in [0.1, 0.15) is 6.26 Å². The molecule has 1 N–H and O–H groups in total. The Balaban J connectivity index is 2.46. The molecule has 92 valence electrons. The van der Waals surface area contributed by atoms with Gasteiger partial charge in [-0.15, -0.1) is 0 Å². The van der Waals surface area contributed by atoms with Crippen LogP contribution in [0.2, 0.25) is 0 Å². The second-order valence-electron chi connectivity index (χ2n) is 3.79. The Morgan fingerprint density at radius 2 is 2.00 bits per heavy atom. The third kappa shape index (κ3) is 1.47. The highest BCUT2D eigenvalue weighted by Crippen LogP contribution is 2.32. The van der Waals surface area contributed by atoms with Crippen molar-refractivity contribution in [1.29, 1.82) is 0 Å². The molecule has 0 aliphatic heterocycles. The number of pyridine rings is 1. The molecule has 3 rings (SSSR count). The van der Waals surface area contributed by atoms with E-state index < -0.39 is 17.3 Å². The summed E-state index contributed by atoms with van der Waals surface area (Å²) in [5, 5.41) is 3.97. The van der Waals surface area contributed by atoms with Crippen LogP contribution in [-0.4, -0.2) is 10.1 Å². The van der Waals surface area contributed by atoms with E-state index in [2.05, 4.69) is 14.7 Å². The molecule has 7 heteroatoms. The number of aromatic nitrogens is 2. The Bertz CT molecular complexity index is 801. The highest BCUT2D eigenvalue weighted by Gasteiger charge is 2.30. The van der Waals surface area contributed by atoms with Crippen molar-refractivity contribution in [2.24, 2.45) is 0 Å². The number of fused-ring (bicyclic) bond motifs is 3. The predicted molar refractivity (Wildman–Crippen MR) is 57.1 cm³/mol. The van der Waals surface area contributed by atoms with E-state index in [9.17, 15) is 18.0 Å². The maximum absolute atomic E-state index is 12.6. The topological polar surface area (TPSA) is 58.9 Å². The van der Waals surface area contributed by atoms with Crippen molar-refractivity contribution >= 4 is 21.8 Å². The lowest BCUT2D eigenvalue weighted by Crippen LogP contribution is -2.08. The summed E-state index contributed by atoms with van der Waals surface area (Å²) in [5.74, 6) is 0. The quantitative estimate of drug-likeness (QED) is 0.671. The molecule has 0 unspecified atom stereocenters. The van der Waals surface area contributed by atoms with Crippen LogP contribution in [0.1, 0.15) is 5.56 Å². The summed E-state index contributed by atoms with van der Waals surface area (Å²) in [6.45, 7) is 0. The van der Waals surface area contributed by atoms with Crippen LogP contribution < -0.4 is 5.56 Å². The van der Waals surface area contributed by atoms with Crippen molar-refractivity contribution in [3.63, 3.8) is 0 Å². The second-order valence-corrected chi connectivity index (χ2v) is 3.79. The molecule has 0 saturated heterocycles. The Labute approximate surface area is 97.0 Å². The summed E-state index contributed by atoms with van der Waals surface area (Å²) in [6.07, 6.45) is -3.28. The van der Waals surface area contributed by atoms with Gasteiger partial charge < -0.3 is 9.51 Å². The molecule has 0 spiro atoms. The van der Waals surface area contributed by atoms with E-state index in [1.165, 1.54) is 6.07 Å². The summed E-state index contributed by atoms with van der Waals surface area (Å²) in [5.41, 5.74) is -0.985. The molecule has 0 aliphatic rings. The van der Waals surface area contributed by atoms with Crippen LogP contribution >= 0.6 is 0 Å². The number of nitrogens with zero attached hydrogens (tertiary/aromatic N) is 1. The van der Waals surface area contributed by atoms with Gasteiger partial charge in [0.15, 0.2) is 5.52 Å². The van der Waals surface area contributed by atoms with E-state index in [1.54, 1.807) is 0 Å². The highest BCUT2D eigenvalue weighted by atomic mass is 19.4. The molecular weight excluding hydrogens is 249 g/mol. The number of hydrogen-bond donors (Lipinski definition) is 1. The molecule has 0 bridgehead atoms. The molecule has 4 nitrogen and oxygen atoms in total. The molecule has 1 aromatic carbocycles. The van der Waals surface area contributed by atoms with E-state index in [0.29, 0.717) is 5.52 Å². The lowest BCUT2D eigenvalue weighted by molar-refractivity contribution is -0.137. The molecule has 3 aromatic rings. The maximum atomic E-state index is 12.6. The van der Waals surface area contributed by atoms with Gasteiger partial charge in [0.2, 0.25) is 0 Å². The van der Waals surface area contributed by atoms with Crippen LogP contribution in [0.4, 0.5) is 13.2 Å². The van der Waals surface area contributed by atoms with E-state index in [0.717, 1.165) is 18.4 Å². The van der Waals surface area contributed by atoms with Crippen molar-refractivity contribution in [2.45, 2.75) is 6.18 Å². The van der Waals surface area contributed by atoms with E-state index in [-0.39, 0.29) is 16.3 Å². The molecule has 0 atom stereocenters. The largest absolute Gasteiger partial charge is 0.416 e. The molecule has 0 fully saturated rings. The standard InChI is InChI=1S/C11H5F3N2O2/c12-11(13,14)5-1-2-8-6(3-5)7-4-18-16-9(7)10(17)15-8/h1-4H,(H,15,17). The van der Waals surface area contributed by atoms with Crippen LogP contribution in [0.15, 0.2) is 33.8 Å². The predicted octanol–water partition coefficient (Wildman–Crippen LogP) is 2.69. The summed E-state index contributed by atoms with van der Waals surface area (Å²) < 4.78 is 42.5. The third-order valence-corrected chi connectivity index (χ3v) is 2.67. The highest BCUT2D eigenvalue weighted by molar-refractivity contribution is 6.03. The van der Waals surface area contributed by atoms with Gasteiger partial charge in [-0.05, 0) is 18.2 Å². The lowest BCUT2D eigenvalue weighted by atomic mass is 10.1. The summed E-state index contributed by atoms with van der Waals surface area (Å²) in [4.78, 5) is 14.0. The van der Waals surface area contributed by atoms with Gasteiger partial charge in [0.25, 0.3) is 5.56 Å². The first-order valence-electron chi connectivity index (χ1n) is 4.94. The van der Waals surface area contributed by atoms with E-state index in [1.807, 2.05) is 0 Å². The molecule has 0 amide bonds. The lowest BCUT2D eigenvalue weighted by Gasteiger charge is -2.07. The number of rotatable bonds is 0. The molecule has 0 aliphatic carbocycles. The zero-order valence-corrected chi connectivity index (χ0v) is 8.71. The van der Waals surface area contributed by atoms with Gasteiger partial charge in [-0.2, -0.15) is 13.2 Å². The van der Waals surface area contributed by atoms with Gasteiger partial charge in [0, 0.05) is 10.9 Å². The van der Waals surface area contributed by atoms with Crippen molar-refractivity contribution in [3.8, 4) is 0 Å². The number of halogens is 3. The zero-order chi connectivity index (χ0) is 12.9. The fourth-order valence-corrected chi connectivity index (χ4v) is 1.83. The number of aromatic amines is 1. The smallest absolute Gasteiger partial charge is 0.363 e. The van der Waals surface area contributed by atoms with Crippen LogP contribution in [0.3, 0.4) is 0 Å². The summed E-state index contributed by atoms with van der Waals surface area (Å²) in [7, 11) is 0. The number of benzene rings is 1. The van der Waals surface area contributed by atoms with Crippen molar-refractivity contribution in [3.05, 3.63) is 40.4 Å². The Kier molecular flexibility index (Phi) is 2.01. The van der Waals surface area contributed by atoms with Crippen LogP contribution in [0.25, 0.3) is 21.8 Å². The van der Waals surface area contributed by atoms with Crippen molar-refractivity contribution < 1.29 is 17.7 Å². The monoisotopic (exact) mass is 254 g/mol. The van der Waals surface area contributed by atoms with Crippen molar-refractivity contribution in [2.75, 3.05) is 0 Å². The van der Waals surface area contributed by atoms with Gasteiger partial charge in [-0.3, -0.25) is 4.79 Å². The van der Waals surface area contributed by atoms with Crippen LogP contribution in [0, 0.1) is 0 Å². The third-order valence-electron chi connectivity index (χ3n) is 2.67. The average Bonchev–Trinajstić information content (AvgIpc) is 2.77. The number of hydrogen-bond acceptors (Lipinski definition) is 3. The first kappa shape index (κ1) is 10.8. The summed E-state index contributed by atoms with van der Waals surface area (Å²) >= 11 is 0. The Hall–Kier alpha value is -2.31. The van der Waals surface area contributed by atoms with Gasteiger partial charge in [-0.1, -0.05) is 5.16 Å². The fourth-order valence-electron chi connectivity index (χ4n) is 1.83. The number of H-pyrrole nitrogens is 1. The Morgan fingerprint density at radius 1 is 1.22 bits per heavy atom. The minimum absolute atomic E-state index is 0.0122. The van der Waals surface area contributed by atoms with Crippen LogP contribution in [0.5, 0.6) is 0 Å². The fraction of sp³-hybridized carbons (Fsp3) is 0.0909. The summed E-state index contributed by atoms with van der Waals surface area (Å²) in [6, 6.07) is 3.09. The SMILES string of the molecule is O=c1[nH]c2ccc(C(F)(F)F)cc2c2conc12. The van der Waals surface area contributed by atoms with Gasteiger partial charge in [0.05, 0.1) is 10.9 Å². The minimum Gasteiger partial charge on any atom is -0.363 e. The Morgan fingerprint density at radius 3 is 2.72 bits per heavy atom. The molecule has 0 saturated carbocycles. The number of nitrogens with one attached hydrogen (secondary N) is 1. The second kappa shape index (κ2) is 3.34. The molecule has 2 heterocycles. The molecular formula is C11H5F3N2O2. The van der Waals surface area contributed by atoms with E-state index >= 15 is 0 Å². The molecule has 2 aromatic heterocycles. The van der Waals surface area contributed by atoms with Crippen LogP contribution in [-0.2, 0) is 6.18 Å². The van der Waals surface area contributed by atoms with Crippen molar-refractivity contribution in [1.82, 2.24) is 10.1 Å². The minimum atomic E-state index is -4.44. The van der Waals surface area contributed by atoms with Gasteiger partial charge >= 0.3 is 6.18 Å². The zero-order valence-electron chi connectivity index (χ0n) is 8.71. The normalized spacial score (nSPS) is 12.4.